The molecule has 160 valence electrons. The lowest BCUT2D eigenvalue weighted by molar-refractivity contribution is -0.287. The van der Waals surface area contributed by atoms with E-state index in [-0.39, 0.29) is 5.78 Å². The molecule has 0 aliphatic carbocycles. The fraction of sp³-hybridized carbons (Fsp3) is 0.429. The maximum Gasteiger partial charge on any atom is 0.315 e. The maximum absolute atomic E-state index is 12.8. The van der Waals surface area contributed by atoms with E-state index in [4.69, 9.17) is 9.47 Å². The summed E-state index contributed by atoms with van der Waals surface area (Å²) in [5.41, 5.74) is 1.73. The second-order valence-corrected chi connectivity index (χ2v) is 7.50. The van der Waals surface area contributed by atoms with Crippen LogP contribution in [0.1, 0.15) is 34.1 Å². The number of aliphatic hydroxyl groups excluding tert-OH is 4. The van der Waals surface area contributed by atoms with E-state index in [1.54, 1.807) is 41.0 Å². The number of nitrogens with zero attached hydrogens (tertiary/aromatic N) is 1. The number of ether oxygens (including phenoxy) is 2. The number of carbonyl (C=O) groups excluding carboxylic acids is 2. The number of ketones is 1. The molecule has 2 unspecified atom stereocenters. The van der Waals surface area contributed by atoms with Crippen molar-refractivity contribution in [2.24, 2.45) is 0 Å². The predicted octanol–water partition coefficient (Wildman–Crippen LogP) is -0.451. The van der Waals surface area contributed by atoms with Gasteiger partial charge in [0.2, 0.25) is 5.78 Å². The molecule has 0 saturated carbocycles. The van der Waals surface area contributed by atoms with E-state index >= 15 is 0 Å². The van der Waals surface area contributed by atoms with Crippen molar-refractivity contribution in [3.63, 3.8) is 0 Å². The average Bonchev–Trinajstić information content (AvgIpc) is 3.36. The third-order valence-corrected chi connectivity index (χ3v) is 5.64. The zero-order chi connectivity index (χ0) is 21.4. The fourth-order valence-electron chi connectivity index (χ4n) is 3.95. The number of benzene rings is 1. The summed E-state index contributed by atoms with van der Waals surface area (Å²) in [6, 6.07) is 12.3. The van der Waals surface area contributed by atoms with Crippen LogP contribution in [-0.4, -0.2) is 74.1 Å². The minimum atomic E-state index is -1.69. The van der Waals surface area contributed by atoms with Crippen molar-refractivity contribution in [3.05, 3.63) is 59.4 Å². The van der Waals surface area contributed by atoms with Crippen LogP contribution in [0.3, 0.4) is 0 Å². The van der Waals surface area contributed by atoms with Crippen molar-refractivity contribution < 1.29 is 39.5 Å². The number of aromatic nitrogens is 1. The van der Waals surface area contributed by atoms with Gasteiger partial charge in [0.25, 0.3) is 0 Å². The van der Waals surface area contributed by atoms with Gasteiger partial charge in [-0.25, -0.2) is 0 Å². The molecule has 2 aromatic rings. The molecule has 4 N–H and O–H groups in total. The minimum absolute atomic E-state index is 0.129. The van der Waals surface area contributed by atoms with Gasteiger partial charge >= 0.3 is 5.97 Å². The molecule has 0 bridgehead atoms. The van der Waals surface area contributed by atoms with E-state index < -0.39 is 49.2 Å². The van der Waals surface area contributed by atoms with E-state index in [2.05, 4.69) is 0 Å². The normalized spacial score (nSPS) is 30.7. The van der Waals surface area contributed by atoms with Crippen molar-refractivity contribution >= 4 is 11.8 Å². The van der Waals surface area contributed by atoms with Crippen molar-refractivity contribution in [1.82, 2.24) is 4.57 Å². The molecule has 2 aliphatic rings. The van der Waals surface area contributed by atoms with Crippen LogP contribution in [0.25, 0.3) is 0 Å². The monoisotopic (exact) mass is 417 g/mol. The maximum atomic E-state index is 12.8. The molecule has 1 aromatic carbocycles. The van der Waals surface area contributed by atoms with E-state index in [1.807, 2.05) is 6.07 Å². The largest absolute Gasteiger partial charge is 0.462 e. The number of aliphatic hydroxyl groups is 4. The van der Waals surface area contributed by atoms with Crippen LogP contribution in [0.5, 0.6) is 0 Å². The van der Waals surface area contributed by atoms with Crippen LogP contribution in [0.2, 0.25) is 0 Å². The van der Waals surface area contributed by atoms with Gasteiger partial charge in [0.1, 0.15) is 31.0 Å². The molecule has 2 aliphatic heterocycles. The van der Waals surface area contributed by atoms with Crippen LogP contribution < -0.4 is 0 Å². The topological polar surface area (TPSA) is 138 Å². The third-order valence-electron chi connectivity index (χ3n) is 5.64. The molecule has 0 spiro atoms. The molecule has 9 nitrogen and oxygen atoms in total. The van der Waals surface area contributed by atoms with Crippen molar-refractivity contribution in [2.45, 2.75) is 49.6 Å². The summed E-state index contributed by atoms with van der Waals surface area (Å²) in [5, 5.41) is 38.8. The standard InChI is InChI=1S/C21H23NO8/c23-16(11-4-2-1-3-5-11)14-7-6-13-12(8-9-22(13)14)20(27)29-10-15-17(24)18(25)19(26)21(28)30-15/h1-7,12,15,17-19,21,24-26,28H,8-10H2/t12?,15-,17+,18+,19-,21?/m1/s1. The van der Waals surface area contributed by atoms with Crippen molar-refractivity contribution in [3.8, 4) is 0 Å². The molecule has 1 fully saturated rings. The van der Waals surface area contributed by atoms with Crippen LogP contribution in [0, 0.1) is 0 Å². The molecule has 0 radical (unpaired) electrons. The summed E-state index contributed by atoms with van der Waals surface area (Å²) < 4.78 is 12.1. The SMILES string of the molecule is O=C(c1ccccc1)c1ccc2n1CCC2C(=O)OC[C@H]1OC(O)[C@H](O)[C@@H](O)[C@H]1O. The van der Waals surface area contributed by atoms with Gasteiger partial charge in [-0.1, -0.05) is 30.3 Å². The molecular formula is C21H23NO8. The Hall–Kier alpha value is -2.56. The Bertz CT molecular complexity index is 926. The predicted molar refractivity (Wildman–Crippen MR) is 102 cm³/mol. The molecule has 1 saturated heterocycles. The Morgan fingerprint density at radius 1 is 1.00 bits per heavy atom. The van der Waals surface area contributed by atoms with Crippen molar-refractivity contribution in [1.29, 1.82) is 0 Å². The lowest BCUT2D eigenvalue weighted by Crippen LogP contribution is -2.58. The quantitative estimate of drug-likeness (QED) is 0.379. The first-order valence-electron chi connectivity index (χ1n) is 9.72. The zero-order valence-electron chi connectivity index (χ0n) is 16.0. The molecule has 0 amide bonds. The van der Waals surface area contributed by atoms with Crippen LogP contribution >= 0.6 is 0 Å². The van der Waals surface area contributed by atoms with Gasteiger partial charge in [-0.3, -0.25) is 9.59 Å². The number of carbonyl (C=O) groups is 2. The smallest absolute Gasteiger partial charge is 0.315 e. The first-order valence-corrected chi connectivity index (χ1v) is 9.72. The Labute approximate surface area is 172 Å². The molecule has 9 heteroatoms. The fourth-order valence-corrected chi connectivity index (χ4v) is 3.95. The van der Waals surface area contributed by atoms with E-state index in [1.165, 1.54) is 0 Å². The summed E-state index contributed by atoms with van der Waals surface area (Å²) in [7, 11) is 0. The second-order valence-electron chi connectivity index (χ2n) is 7.50. The van der Waals surface area contributed by atoms with E-state index in [0.29, 0.717) is 29.9 Å². The van der Waals surface area contributed by atoms with Gasteiger partial charge in [-0.05, 0) is 18.6 Å². The Morgan fingerprint density at radius 2 is 1.73 bits per heavy atom. The van der Waals surface area contributed by atoms with Crippen molar-refractivity contribution in [2.75, 3.05) is 6.61 Å². The summed E-state index contributed by atoms with van der Waals surface area (Å²) in [6.45, 7) is 0.0933. The Morgan fingerprint density at radius 3 is 2.47 bits per heavy atom. The van der Waals surface area contributed by atoms with Gasteiger partial charge in [0.15, 0.2) is 6.29 Å². The number of fused-ring (bicyclic) bond motifs is 1. The first-order chi connectivity index (χ1) is 14.4. The Balaban J connectivity index is 1.42. The molecular weight excluding hydrogens is 394 g/mol. The lowest BCUT2D eigenvalue weighted by Gasteiger charge is -2.37. The number of hydrogen-bond acceptors (Lipinski definition) is 8. The van der Waals surface area contributed by atoms with Gasteiger partial charge in [0.05, 0.1) is 11.6 Å². The van der Waals surface area contributed by atoms with Gasteiger partial charge in [-0.2, -0.15) is 0 Å². The third kappa shape index (κ3) is 3.66. The molecule has 6 atom stereocenters. The Kier molecular flexibility index (Phi) is 5.72. The van der Waals surface area contributed by atoms with Gasteiger partial charge < -0.3 is 34.5 Å². The molecule has 4 rings (SSSR count). The van der Waals surface area contributed by atoms with E-state index in [9.17, 15) is 30.0 Å². The van der Waals surface area contributed by atoms with Gasteiger partial charge in [-0.15, -0.1) is 0 Å². The zero-order valence-corrected chi connectivity index (χ0v) is 16.0. The summed E-state index contributed by atoms with van der Waals surface area (Å²) in [6.07, 6.45) is -7.19. The van der Waals surface area contributed by atoms with Gasteiger partial charge in [0, 0.05) is 17.8 Å². The number of hydrogen-bond donors (Lipinski definition) is 4. The minimum Gasteiger partial charge on any atom is -0.462 e. The average molecular weight is 417 g/mol. The summed E-state index contributed by atoms with van der Waals surface area (Å²) >= 11 is 0. The van der Waals surface area contributed by atoms with Crippen LogP contribution in [-0.2, 0) is 20.8 Å². The first kappa shape index (κ1) is 20.7. The highest BCUT2D eigenvalue weighted by atomic mass is 16.6. The number of esters is 1. The highest BCUT2D eigenvalue weighted by molar-refractivity contribution is 6.08. The molecule has 3 heterocycles. The number of rotatable bonds is 5. The second kappa shape index (κ2) is 8.29. The summed E-state index contributed by atoms with van der Waals surface area (Å²) in [4.78, 5) is 25.4. The molecule has 30 heavy (non-hydrogen) atoms. The van der Waals surface area contributed by atoms with Crippen LogP contribution in [0.4, 0.5) is 0 Å². The molecule has 1 aromatic heterocycles. The highest BCUT2D eigenvalue weighted by Crippen LogP contribution is 2.32. The van der Waals surface area contributed by atoms with Crippen LogP contribution in [0.15, 0.2) is 42.5 Å². The lowest BCUT2D eigenvalue weighted by atomic mass is 9.99. The van der Waals surface area contributed by atoms with E-state index in [0.717, 1.165) is 0 Å². The highest BCUT2D eigenvalue weighted by Gasteiger charge is 2.44. The summed E-state index contributed by atoms with van der Waals surface area (Å²) in [5.74, 6) is -1.27.